The summed E-state index contributed by atoms with van der Waals surface area (Å²) in [6, 6.07) is 0. The molecule has 1 aliphatic carbocycles. The van der Waals surface area contributed by atoms with E-state index >= 15 is 0 Å². The molecule has 92 valence electrons. The molecule has 2 rings (SSSR count). The first-order valence-electron chi connectivity index (χ1n) is 5.66. The summed E-state index contributed by atoms with van der Waals surface area (Å²) in [7, 11) is 0. The Morgan fingerprint density at radius 1 is 1.47 bits per heavy atom. The monoisotopic (exact) mass is 236 g/mol. The minimum Gasteiger partial charge on any atom is -0.382 e. The Bertz CT molecular complexity index is 419. The first kappa shape index (κ1) is 13.4. The van der Waals surface area contributed by atoms with Crippen molar-refractivity contribution in [2.75, 3.05) is 0 Å². The lowest BCUT2D eigenvalue weighted by Crippen LogP contribution is -2.01. The second-order valence-electron chi connectivity index (χ2n) is 3.31. The van der Waals surface area contributed by atoms with Gasteiger partial charge < -0.3 is 10.1 Å². The number of nitrogens with one attached hydrogen (secondary N) is 1. The maximum Gasteiger partial charge on any atom is 0.123 e. The van der Waals surface area contributed by atoms with E-state index in [-0.39, 0.29) is 5.83 Å². The zero-order valence-electron chi connectivity index (χ0n) is 10.0. The molecule has 3 nitrogen and oxygen atoms in total. The molecule has 0 fully saturated rings. The van der Waals surface area contributed by atoms with Gasteiger partial charge in [0.1, 0.15) is 11.9 Å². The van der Waals surface area contributed by atoms with E-state index in [0.29, 0.717) is 17.7 Å². The summed E-state index contributed by atoms with van der Waals surface area (Å²) >= 11 is 0. The number of aliphatic hydroxyl groups excluding tert-OH is 1. The van der Waals surface area contributed by atoms with Crippen LogP contribution in [0.15, 0.2) is 48.2 Å². The molecule has 0 spiro atoms. The number of hydrogen-bond donors (Lipinski definition) is 2. The van der Waals surface area contributed by atoms with Crippen LogP contribution in [0.3, 0.4) is 0 Å². The third kappa shape index (κ3) is 3.67. The molecule has 1 aromatic rings. The number of rotatable bonds is 2. The van der Waals surface area contributed by atoms with Gasteiger partial charge in [-0.05, 0) is 24.1 Å². The van der Waals surface area contributed by atoms with Crippen LogP contribution in [0.1, 0.15) is 32.1 Å². The van der Waals surface area contributed by atoms with Crippen LogP contribution >= 0.6 is 0 Å². The van der Waals surface area contributed by atoms with Crippen molar-refractivity contribution in [1.29, 1.82) is 0 Å². The van der Waals surface area contributed by atoms with E-state index < -0.39 is 6.10 Å². The normalized spacial score (nSPS) is 16.2. The molecule has 1 atom stereocenters. The number of aromatic nitrogens is 2. The Labute approximate surface area is 100 Å². The van der Waals surface area contributed by atoms with Crippen molar-refractivity contribution >= 4 is 0 Å². The number of imidazole rings is 1. The Morgan fingerprint density at radius 2 is 2.24 bits per heavy atom. The number of hydrogen-bond acceptors (Lipinski definition) is 2. The summed E-state index contributed by atoms with van der Waals surface area (Å²) < 4.78 is 13.1. The van der Waals surface area contributed by atoms with Crippen molar-refractivity contribution < 1.29 is 9.50 Å². The van der Waals surface area contributed by atoms with Crippen LogP contribution in [0.5, 0.6) is 0 Å². The van der Waals surface area contributed by atoms with Crippen molar-refractivity contribution in [3.63, 3.8) is 0 Å². The Hall–Kier alpha value is -1.68. The van der Waals surface area contributed by atoms with E-state index in [9.17, 15) is 9.50 Å². The summed E-state index contributed by atoms with van der Waals surface area (Å²) in [5.41, 5.74) is 1.19. The van der Waals surface area contributed by atoms with Crippen molar-refractivity contribution in [2.45, 2.75) is 26.4 Å². The van der Waals surface area contributed by atoms with Gasteiger partial charge in [0.2, 0.25) is 0 Å². The van der Waals surface area contributed by atoms with Gasteiger partial charge in [-0.25, -0.2) is 9.37 Å². The molecule has 0 amide bonds. The first-order valence-corrected chi connectivity index (χ1v) is 5.66. The third-order valence-electron chi connectivity index (χ3n) is 2.23. The first-order chi connectivity index (χ1) is 8.27. The van der Waals surface area contributed by atoms with Crippen LogP contribution in [0.4, 0.5) is 4.39 Å². The summed E-state index contributed by atoms with van der Waals surface area (Å²) in [6.07, 6.45) is 8.88. The largest absolute Gasteiger partial charge is 0.382 e. The molecule has 1 heterocycles. The molecule has 1 aliphatic rings. The van der Waals surface area contributed by atoms with Gasteiger partial charge in [0.05, 0.1) is 18.2 Å². The molecule has 0 saturated carbocycles. The minimum atomic E-state index is -0.825. The van der Waals surface area contributed by atoms with Gasteiger partial charge in [-0.3, -0.25) is 0 Å². The highest BCUT2D eigenvalue weighted by Gasteiger charge is 2.14. The fraction of sp³-hybridized carbons (Fsp3) is 0.308. The van der Waals surface area contributed by atoms with Gasteiger partial charge in [-0.2, -0.15) is 0 Å². The lowest BCUT2D eigenvalue weighted by atomic mass is 10.0. The summed E-state index contributed by atoms with van der Waals surface area (Å²) in [4.78, 5) is 6.61. The standard InChI is InChI=1S/C11H11FN2O.C2H6/c12-9-4-2-1-3-8(5-9)11(15)10-6-13-7-14-10;1-2/h1-2,4-7,11,15H,3H2,(H,13,14);1-2H3. The van der Waals surface area contributed by atoms with Crippen molar-refractivity contribution in [3.8, 4) is 0 Å². The number of nitrogens with zero attached hydrogens (tertiary/aromatic N) is 1. The van der Waals surface area contributed by atoms with Crippen molar-refractivity contribution in [3.05, 3.63) is 53.9 Å². The summed E-state index contributed by atoms with van der Waals surface area (Å²) in [5.74, 6) is -0.350. The summed E-state index contributed by atoms with van der Waals surface area (Å²) in [6.45, 7) is 4.00. The highest BCUT2D eigenvalue weighted by molar-refractivity contribution is 5.31. The molecule has 2 N–H and O–H groups in total. The van der Waals surface area contributed by atoms with E-state index in [4.69, 9.17) is 0 Å². The SMILES string of the molecule is CC.OC(C1=CC(F)=CC=CC1)c1cnc[nH]1. The number of H-pyrrole nitrogens is 1. The maximum absolute atomic E-state index is 13.1. The van der Waals surface area contributed by atoms with Crippen LogP contribution in [-0.4, -0.2) is 15.1 Å². The van der Waals surface area contributed by atoms with Crippen LogP contribution in [0.2, 0.25) is 0 Å². The van der Waals surface area contributed by atoms with E-state index in [1.165, 1.54) is 24.7 Å². The van der Waals surface area contributed by atoms with Crippen molar-refractivity contribution in [1.82, 2.24) is 9.97 Å². The number of allylic oxidation sites excluding steroid dienone is 5. The van der Waals surface area contributed by atoms with Crippen LogP contribution in [-0.2, 0) is 0 Å². The van der Waals surface area contributed by atoms with Gasteiger partial charge in [0, 0.05) is 0 Å². The molecule has 0 radical (unpaired) electrons. The molecule has 0 aliphatic heterocycles. The smallest absolute Gasteiger partial charge is 0.123 e. The van der Waals surface area contributed by atoms with E-state index in [1.54, 1.807) is 12.2 Å². The molecular weight excluding hydrogens is 219 g/mol. The Balaban J connectivity index is 0.000000686. The van der Waals surface area contributed by atoms with Crippen molar-refractivity contribution in [2.24, 2.45) is 0 Å². The fourth-order valence-electron chi connectivity index (χ4n) is 1.45. The van der Waals surface area contributed by atoms with Crippen LogP contribution < -0.4 is 0 Å². The molecule has 1 aromatic heterocycles. The van der Waals surface area contributed by atoms with Crippen LogP contribution in [0, 0.1) is 0 Å². The zero-order chi connectivity index (χ0) is 12.7. The van der Waals surface area contributed by atoms with E-state index in [1.807, 2.05) is 13.8 Å². The van der Waals surface area contributed by atoms with Crippen LogP contribution in [0.25, 0.3) is 0 Å². The lowest BCUT2D eigenvalue weighted by Gasteiger charge is -2.10. The molecule has 0 aromatic carbocycles. The molecule has 0 saturated heterocycles. The molecule has 1 unspecified atom stereocenters. The number of aliphatic hydroxyl groups is 1. The molecule has 17 heavy (non-hydrogen) atoms. The highest BCUT2D eigenvalue weighted by Crippen LogP contribution is 2.25. The van der Waals surface area contributed by atoms with Gasteiger partial charge >= 0.3 is 0 Å². The minimum absolute atomic E-state index is 0.350. The quantitative estimate of drug-likeness (QED) is 0.828. The average Bonchev–Trinajstić information content (AvgIpc) is 2.80. The predicted molar refractivity (Wildman–Crippen MR) is 65.9 cm³/mol. The number of aromatic amines is 1. The maximum atomic E-state index is 13.1. The molecule has 0 bridgehead atoms. The van der Waals surface area contributed by atoms with E-state index in [0.717, 1.165) is 0 Å². The second kappa shape index (κ2) is 6.81. The Morgan fingerprint density at radius 3 is 2.88 bits per heavy atom. The molecule has 4 heteroatoms. The predicted octanol–water partition coefficient (Wildman–Crippen LogP) is 3.21. The number of halogens is 1. The van der Waals surface area contributed by atoms with Gasteiger partial charge in [0.15, 0.2) is 0 Å². The van der Waals surface area contributed by atoms with Gasteiger partial charge in [-0.1, -0.05) is 26.0 Å². The highest BCUT2D eigenvalue weighted by atomic mass is 19.1. The third-order valence-corrected chi connectivity index (χ3v) is 2.23. The zero-order valence-corrected chi connectivity index (χ0v) is 10.0. The van der Waals surface area contributed by atoms with E-state index in [2.05, 4.69) is 9.97 Å². The topological polar surface area (TPSA) is 48.9 Å². The Kier molecular flexibility index (Phi) is 5.36. The lowest BCUT2D eigenvalue weighted by molar-refractivity contribution is 0.208. The second-order valence-corrected chi connectivity index (χ2v) is 3.31. The van der Waals surface area contributed by atoms with Gasteiger partial charge in [-0.15, -0.1) is 0 Å². The molecular formula is C13H17FN2O. The summed E-state index contributed by atoms with van der Waals surface area (Å²) in [5, 5.41) is 9.91. The fourth-order valence-corrected chi connectivity index (χ4v) is 1.45. The average molecular weight is 236 g/mol. The van der Waals surface area contributed by atoms with Gasteiger partial charge in [0.25, 0.3) is 0 Å².